The van der Waals surface area contributed by atoms with Gasteiger partial charge >= 0.3 is 0 Å². The van der Waals surface area contributed by atoms with Crippen LogP contribution in [0.4, 0.5) is 0 Å². The highest BCUT2D eigenvalue weighted by atomic mass is 16.2. The predicted molar refractivity (Wildman–Crippen MR) is 60.7 cm³/mol. The summed E-state index contributed by atoms with van der Waals surface area (Å²) in [6, 6.07) is -0.109. The summed E-state index contributed by atoms with van der Waals surface area (Å²) in [6.45, 7) is 6.23. The van der Waals surface area contributed by atoms with Crippen LogP contribution in [0.25, 0.3) is 0 Å². The van der Waals surface area contributed by atoms with Gasteiger partial charge in [0.05, 0.1) is 6.54 Å². The molecule has 2 rings (SSSR count). The Balaban J connectivity index is 2.11. The highest BCUT2D eigenvalue weighted by Gasteiger charge is 2.41. The molecule has 1 aliphatic carbocycles. The fourth-order valence-corrected chi connectivity index (χ4v) is 2.32. The van der Waals surface area contributed by atoms with E-state index in [9.17, 15) is 9.59 Å². The van der Waals surface area contributed by atoms with Crippen molar-refractivity contribution in [2.45, 2.75) is 45.7 Å². The molecule has 0 aromatic rings. The van der Waals surface area contributed by atoms with Crippen molar-refractivity contribution >= 4 is 11.8 Å². The molecule has 2 atom stereocenters. The molecule has 0 radical (unpaired) electrons. The topological polar surface area (TPSA) is 49.4 Å². The van der Waals surface area contributed by atoms with Gasteiger partial charge in [0.15, 0.2) is 0 Å². The lowest BCUT2D eigenvalue weighted by Gasteiger charge is -2.38. The van der Waals surface area contributed by atoms with Crippen molar-refractivity contribution in [2.24, 2.45) is 11.8 Å². The van der Waals surface area contributed by atoms with Crippen molar-refractivity contribution in [1.82, 2.24) is 10.2 Å². The van der Waals surface area contributed by atoms with Gasteiger partial charge in [-0.3, -0.25) is 9.59 Å². The summed E-state index contributed by atoms with van der Waals surface area (Å²) in [5, 5.41) is 2.78. The maximum atomic E-state index is 12.2. The van der Waals surface area contributed by atoms with Crippen LogP contribution < -0.4 is 5.32 Å². The monoisotopic (exact) mass is 224 g/mol. The van der Waals surface area contributed by atoms with Gasteiger partial charge < -0.3 is 10.2 Å². The second-order valence-electron chi connectivity index (χ2n) is 5.33. The molecule has 4 nitrogen and oxygen atoms in total. The van der Waals surface area contributed by atoms with E-state index in [2.05, 4.69) is 12.2 Å². The number of nitrogens with one attached hydrogen (secondary N) is 1. The summed E-state index contributed by atoms with van der Waals surface area (Å²) in [5.74, 6) is 0.841. The summed E-state index contributed by atoms with van der Waals surface area (Å²) in [5.41, 5.74) is 0. The standard InChI is InChI=1S/C12H20N2O2/c1-7(2)11-12(16)14(6-10(15)13-11)8(3)9-4-5-9/h7-9,11H,4-6H2,1-3H3,(H,13,15). The van der Waals surface area contributed by atoms with E-state index < -0.39 is 0 Å². The Labute approximate surface area is 96.4 Å². The predicted octanol–water partition coefficient (Wildman–Crippen LogP) is 0.768. The van der Waals surface area contributed by atoms with Gasteiger partial charge in [-0.05, 0) is 31.6 Å². The van der Waals surface area contributed by atoms with Gasteiger partial charge in [-0.2, -0.15) is 0 Å². The lowest BCUT2D eigenvalue weighted by atomic mass is 9.99. The minimum atomic E-state index is -0.331. The van der Waals surface area contributed by atoms with Crippen molar-refractivity contribution in [3.05, 3.63) is 0 Å². The number of nitrogens with zero attached hydrogens (tertiary/aromatic N) is 1. The van der Waals surface area contributed by atoms with Crippen LogP contribution in [0.15, 0.2) is 0 Å². The fourth-order valence-electron chi connectivity index (χ4n) is 2.32. The Hall–Kier alpha value is -1.06. The molecular formula is C12H20N2O2. The molecule has 0 aromatic carbocycles. The zero-order chi connectivity index (χ0) is 11.9. The maximum Gasteiger partial charge on any atom is 0.246 e. The molecule has 90 valence electrons. The smallest absolute Gasteiger partial charge is 0.246 e. The zero-order valence-corrected chi connectivity index (χ0v) is 10.2. The van der Waals surface area contributed by atoms with Gasteiger partial charge in [0, 0.05) is 6.04 Å². The lowest BCUT2D eigenvalue weighted by molar-refractivity contribution is -0.148. The third-order valence-electron chi connectivity index (χ3n) is 3.64. The van der Waals surface area contributed by atoms with Crippen molar-refractivity contribution in [3.8, 4) is 0 Å². The van der Waals surface area contributed by atoms with Crippen molar-refractivity contribution < 1.29 is 9.59 Å². The first-order chi connectivity index (χ1) is 7.50. The highest BCUT2D eigenvalue weighted by Crippen LogP contribution is 2.35. The van der Waals surface area contributed by atoms with Crippen molar-refractivity contribution in [1.29, 1.82) is 0 Å². The maximum absolute atomic E-state index is 12.2. The van der Waals surface area contributed by atoms with Crippen molar-refractivity contribution in [2.75, 3.05) is 6.54 Å². The number of piperazine rings is 1. The normalized spacial score (nSPS) is 28.2. The molecule has 2 fully saturated rings. The number of carbonyl (C=O) groups is 2. The minimum Gasteiger partial charge on any atom is -0.343 e. The number of carbonyl (C=O) groups excluding carboxylic acids is 2. The first-order valence-electron chi connectivity index (χ1n) is 6.10. The van der Waals surface area contributed by atoms with Gasteiger partial charge in [-0.1, -0.05) is 13.8 Å². The third-order valence-corrected chi connectivity index (χ3v) is 3.64. The Morgan fingerprint density at radius 1 is 1.25 bits per heavy atom. The molecule has 2 aliphatic rings. The van der Waals surface area contributed by atoms with Gasteiger partial charge in [0.2, 0.25) is 11.8 Å². The molecule has 1 saturated carbocycles. The molecule has 2 amide bonds. The molecule has 1 heterocycles. The molecule has 16 heavy (non-hydrogen) atoms. The van der Waals surface area contributed by atoms with Crippen LogP contribution in [0.1, 0.15) is 33.6 Å². The van der Waals surface area contributed by atoms with E-state index in [4.69, 9.17) is 0 Å². The molecule has 1 saturated heterocycles. The van der Waals surface area contributed by atoms with Crippen LogP contribution in [-0.2, 0) is 9.59 Å². The first kappa shape index (κ1) is 11.4. The minimum absolute atomic E-state index is 0.0224. The van der Waals surface area contributed by atoms with Gasteiger partial charge in [0.1, 0.15) is 6.04 Å². The first-order valence-corrected chi connectivity index (χ1v) is 6.10. The lowest BCUT2D eigenvalue weighted by Crippen LogP contribution is -2.62. The van der Waals surface area contributed by atoms with E-state index in [1.54, 1.807) is 4.90 Å². The fraction of sp³-hybridized carbons (Fsp3) is 0.833. The number of hydrogen-bond acceptors (Lipinski definition) is 2. The Bertz CT molecular complexity index is 310. The number of rotatable bonds is 3. The third kappa shape index (κ3) is 2.06. The summed E-state index contributed by atoms with van der Waals surface area (Å²) in [7, 11) is 0. The largest absolute Gasteiger partial charge is 0.343 e. The Morgan fingerprint density at radius 3 is 2.38 bits per heavy atom. The Kier molecular flexibility index (Phi) is 2.91. The van der Waals surface area contributed by atoms with E-state index in [1.165, 1.54) is 12.8 Å². The van der Waals surface area contributed by atoms with Crippen LogP contribution in [-0.4, -0.2) is 35.3 Å². The zero-order valence-electron chi connectivity index (χ0n) is 10.2. The molecule has 0 aromatic heterocycles. The van der Waals surface area contributed by atoms with E-state index in [0.29, 0.717) is 5.92 Å². The van der Waals surface area contributed by atoms with E-state index in [0.717, 1.165) is 0 Å². The summed E-state index contributed by atoms with van der Waals surface area (Å²) in [6.07, 6.45) is 2.39. The quantitative estimate of drug-likeness (QED) is 0.769. The molecule has 0 spiro atoms. The molecule has 2 unspecified atom stereocenters. The van der Waals surface area contributed by atoms with E-state index >= 15 is 0 Å². The van der Waals surface area contributed by atoms with Crippen LogP contribution in [0.5, 0.6) is 0 Å². The van der Waals surface area contributed by atoms with Gasteiger partial charge in [-0.25, -0.2) is 0 Å². The summed E-state index contributed by atoms with van der Waals surface area (Å²) in [4.78, 5) is 25.5. The average molecular weight is 224 g/mol. The summed E-state index contributed by atoms with van der Waals surface area (Å²) < 4.78 is 0. The van der Waals surface area contributed by atoms with Gasteiger partial charge in [0.25, 0.3) is 0 Å². The van der Waals surface area contributed by atoms with Crippen LogP contribution in [0, 0.1) is 11.8 Å². The highest BCUT2D eigenvalue weighted by molar-refractivity contribution is 5.95. The summed E-state index contributed by atoms with van der Waals surface area (Å²) >= 11 is 0. The second-order valence-corrected chi connectivity index (χ2v) is 5.33. The number of hydrogen-bond donors (Lipinski definition) is 1. The van der Waals surface area contributed by atoms with Crippen LogP contribution >= 0.6 is 0 Å². The van der Waals surface area contributed by atoms with Crippen molar-refractivity contribution in [3.63, 3.8) is 0 Å². The molecule has 1 aliphatic heterocycles. The van der Waals surface area contributed by atoms with Gasteiger partial charge in [-0.15, -0.1) is 0 Å². The Morgan fingerprint density at radius 2 is 1.88 bits per heavy atom. The van der Waals surface area contributed by atoms with E-state index in [1.807, 2.05) is 13.8 Å². The second kappa shape index (κ2) is 4.07. The van der Waals surface area contributed by atoms with Crippen LogP contribution in [0.3, 0.4) is 0 Å². The molecule has 0 bridgehead atoms. The molecular weight excluding hydrogens is 204 g/mol. The van der Waals surface area contributed by atoms with Crippen LogP contribution in [0.2, 0.25) is 0 Å². The molecule has 1 N–H and O–H groups in total. The molecule has 4 heteroatoms. The number of amides is 2. The average Bonchev–Trinajstić information content (AvgIpc) is 3.03. The SMILES string of the molecule is CC(C)C1NC(=O)CN(C(C)C2CC2)C1=O. The van der Waals surface area contributed by atoms with E-state index in [-0.39, 0.29) is 36.4 Å².